The molecule has 2 fully saturated rings. The first-order chi connectivity index (χ1) is 10.6. The van der Waals surface area contributed by atoms with Crippen LogP contribution < -0.4 is 4.74 Å². The Bertz CT molecular complexity index is 639. The molecule has 1 aromatic carbocycles. The molecular formula is C19H23BrO2. The monoisotopic (exact) mass is 362 g/mol. The number of hydrogen-bond acceptors (Lipinski definition) is 2. The molecule has 118 valence electrons. The van der Waals surface area contributed by atoms with Gasteiger partial charge in [-0.1, -0.05) is 13.0 Å². The second kappa shape index (κ2) is 5.09. The van der Waals surface area contributed by atoms with Crippen LogP contribution in [0.2, 0.25) is 0 Å². The molecular weight excluding hydrogens is 340 g/mol. The molecule has 0 bridgehead atoms. The minimum Gasteiger partial charge on any atom is -0.496 e. The molecule has 0 unspecified atom stereocenters. The summed E-state index contributed by atoms with van der Waals surface area (Å²) in [6.07, 6.45) is 6.48. The molecule has 22 heavy (non-hydrogen) atoms. The minimum absolute atomic E-state index is 0.0254. The Kier molecular flexibility index (Phi) is 3.41. The van der Waals surface area contributed by atoms with Gasteiger partial charge in [0.15, 0.2) is 0 Å². The van der Waals surface area contributed by atoms with Crippen LogP contribution in [0.1, 0.15) is 56.1 Å². The zero-order chi connectivity index (χ0) is 15.5. The van der Waals surface area contributed by atoms with Crippen LogP contribution >= 0.6 is 15.9 Å². The van der Waals surface area contributed by atoms with Crippen LogP contribution in [0.15, 0.2) is 16.6 Å². The summed E-state index contributed by atoms with van der Waals surface area (Å²) in [5.41, 5.74) is 2.92. The van der Waals surface area contributed by atoms with Crippen LogP contribution in [-0.2, 0) is 11.2 Å². The number of fused-ring (bicyclic) bond motifs is 5. The fraction of sp³-hybridized carbons (Fsp3) is 0.632. The van der Waals surface area contributed by atoms with Crippen LogP contribution in [0.3, 0.4) is 0 Å². The largest absolute Gasteiger partial charge is 0.496 e. The first-order valence-electron chi connectivity index (χ1n) is 8.45. The summed E-state index contributed by atoms with van der Waals surface area (Å²) in [6, 6.07) is 4.37. The maximum atomic E-state index is 12.4. The second-order valence-corrected chi connectivity index (χ2v) is 8.28. The third-order valence-electron chi connectivity index (χ3n) is 6.74. The van der Waals surface area contributed by atoms with Crippen molar-refractivity contribution in [3.63, 3.8) is 0 Å². The summed E-state index contributed by atoms with van der Waals surface area (Å²) in [7, 11) is 1.73. The molecule has 0 radical (unpaired) electrons. The van der Waals surface area contributed by atoms with Gasteiger partial charge in [0.1, 0.15) is 11.5 Å². The Morgan fingerprint density at radius 3 is 2.82 bits per heavy atom. The average molecular weight is 363 g/mol. The normalized spacial score (nSPS) is 36.5. The lowest BCUT2D eigenvalue weighted by molar-refractivity contribution is -0.129. The zero-order valence-electron chi connectivity index (χ0n) is 13.3. The lowest BCUT2D eigenvalue weighted by Crippen LogP contribution is -2.42. The summed E-state index contributed by atoms with van der Waals surface area (Å²) in [5, 5.41) is 0. The second-order valence-electron chi connectivity index (χ2n) is 7.48. The minimum atomic E-state index is -0.0254. The van der Waals surface area contributed by atoms with Gasteiger partial charge in [-0.25, -0.2) is 0 Å². The van der Waals surface area contributed by atoms with Gasteiger partial charge in [-0.05, 0) is 83.0 Å². The Morgan fingerprint density at radius 1 is 1.23 bits per heavy atom. The smallest absolute Gasteiger partial charge is 0.139 e. The van der Waals surface area contributed by atoms with E-state index in [2.05, 4.69) is 35.0 Å². The lowest BCUT2D eigenvalue weighted by atomic mass is 9.55. The van der Waals surface area contributed by atoms with Gasteiger partial charge in [0.2, 0.25) is 0 Å². The van der Waals surface area contributed by atoms with E-state index >= 15 is 0 Å². The number of methoxy groups -OCH3 is 1. The molecule has 0 aromatic heterocycles. The van der Waals surface area contributed by atoms with Gasteiger partial charge in [0, 0.05) is 11.8 Å². The van der Waals surface area contributed by atoms with E-state index in [1.165, 1.54) is 17.5 Å². The number of Topliss-reactive ketones (excluding diaryl/α,β-unsaturated/α-hetero) is 1. The summed E-state index contributed by atoms with van der Waals surface area (Å²) in [6.45, 7) is 2.24. The van der Waals surface area contributed by atoms with Crippen LogP contribution in [-0.4, -0.2) is 12.9 Å². The van der Waals surface area contributed by atoms with Gasteiger partial charge in [-0.3, -0.25) is 4.79 Å². The summed E-state index contributed by atoms with van der Waals surface area (Å²) >= 11 is 3.74. The van der Waals surface area contributed by atoms with Crippen molar-refractivity contribution in [2.24, 2.45) is 17.3 Å². The number of carbonyl (C=O) groups excluding carboxylic acids is 1. The predicted octanol–water partition coefficient (Wildman–Crippen LogP) is 4.88. The van der Waals surface area contributed by atoms with Crippen molar-refractivity contribution in [1.29, 1.82) is 0 Å². The van der Waals surface area contributed by atoms with Crippen molar-refractivity contribution in [2.75, 3.05) is 7.11 Å². The van der Waals surface area contributed by atoms with Crippen molar-refractivity contribution in [2.45, 2.75) is 51.4 Å². The van der Waals surface area contributed by atoms with Gasteiger partial charge in [0.25, 0.3) is 0 Å². The third kappa shape index (κ3) is 1.87. The van der Waals surface area contributed by atoms with Crippen molar-refractivity contribution in [3.05, 3.63) is 27.7 Å². The molecule has 0 spiro atoms. The van der Waals surface area contributed by atoms with E-state index < -0.39 is 0 Å². The number of carbonyl (C=O) groups is 1. The van der Waals surface area contributed by atoms with Crippen LogP contribution in [0.5, 0.6) is 5.75 Å². The van der Waals surface area contributed by atoms with Crippen molar-refractivity contribution >= 4 is 21.7 Å². The maximum Gasteiger partial charge on any atom is 0.139 e. The topological polar surface area (TPSA) is 26.3 Å². The van der Waals surface area contributed by atoms with Crippen LogP contribution in [0.4, 0.5) is 0 Å². The highest BCUT2D eigenvalue weighted by molar-refractivity contribution is 9.10. The fourth-order valence-electron chi connectivity index (χ4n) is 5.53. The number of benzene rings is 1. The van der Waals surface area contributed by atoms with Gasteiger partial charge in [-0.2, -0.15) is 0 Å². The predicted molar refractivity (Wildman–Crippen MR) is 90.3 cm³/mol. The highest BCUT2D eigenvalue weighted by Gasteiger charge is 2.54. The van der Waals surface area contributed by atoms with Gasteiger partial charge < -0.3 is 4.74 Å². The molecule has 0 heterocycles. The molecule has 4 rings (SSSR count). The first kappa shape index (κ1) is 14.7. The fourth-order valence-corrected chi connectivity index (χ4v) is 6.25. The molecule has 2 saturated carbocycles. The van der Waals surface area contributed by atoms with Crippen molar-refractivity contribution in [3.8, 4) is 5.75 Å². The Morgan fingerprint density at radius 2 is 2.05 bits per heavy atom. The maximum absolute atomic E-state index is 12.4. The van der Waals surface area contributed by atoms with E-state index in [-0.39, 0.29) is 5.41 Å². The SMILES string of the molecule is COc1ccc2c(c1Br)CC[C@@H]1[C@@H]2CC[C@]2(C)C(=O)CC[C@@H]12. The highest BCUT2D eigenvalue weighted by Crippen LogP contribution is 2.60. The molecule has 0 N–H and O–H groups in total. The molecule has 3 aliphatic rings. The van der Waals surface area contributed by atoms with E-state index in [9.17, 15) is 4.79 Å². The van der Waals surface area contributed by atoms with E-state index in [0.29, 0.717) is 23.5 Å². The molecule has 0 saturated heterocycles. The van der Waals surface area contributed by atoms with Crippen molar-refractivity contribution < 1.29 is 9.53 Å². The van der Waals surface area contributed by atoms with Gasteiger partial charge in [-0.15, -0.1) is 0 Å². The molecule has 0 aliphatic heterocycles. The lowest BCUT2D eigenvalue weighted by Gasteiger charge is -2.48. The average Bonchev–Trinajstić information content (AvgIpc) is 2.83. The molecule has 1 aromatic rings. The molecule has 2 nitrogen and oxygen atoms in total. The summed E-state index contributed by atoms with van der Waals surface area (Å²) in [4.78, 5) is 12.4. The van der Waals surface area contributed by atoms with Gasteiger partial charge >= 0.3 is 0 Å². The number of hydrogen-bond donors (Lipinski definition) is 0. The number of rotatable bonds is 1. The highest BCUT2D eigenvalue weighted by atomic mass is 79.9. The summed E-state index contributed by atoms with van der Waals surface area (Å²) < 4.78 is 6.60. The zero-order valence-corrected chi connectivity index (χ0v) is 14.9. The quantitative estimate of drug-likeness (QED) is 0.711. The van der Waals surface area contributed by atoms with E-state index in [1.807, 2.05) is 0 Å². The van der Waals surface area contributed by atoms with Crippen LogP contribution in [0.25, 0.3) is 0 Å². The summed E-state index contributed by atoms with van der Waals surface area (Å²) in [5.74, 6) is 3.40. The molecule has 4 atom stereocenters. The van der Waals surface area contributed by atoms with E-state index in [1.54, 1.807) is 7.11 Å². The van der Waals surface area contributed by atoms with E-state index in [0.717, 1.165) is 42.3 Å². The van der Waals surface area contributed by atoms with Crippen LogP contribution in [0, 0.1) is 17.3 Å². The first-order valence-corrected chi connectivity index (χ1v) is 9.24. The Balaban J connectivity index is 1.73. The number of ether oxygens (including phenoxy) is 1. The standard InChI is InChI=1S/C19H23BrO2/c1-19-10-9-12-11-5-7-16(22-2)18(20)14(11)4-3-13(12)15(19)6-8-17(19)21/h5,7,12-13,15H,3-4,6,8-10H2,1-2H3/t12-,13-,15+,19+/m1/s1. The Hall–Kier alpha value is -0.830. The van der Waals surface area contributed by atoms with Crippen molar-refractivity contribution in [1.82, 2.24) is 0 Å². The molecule has 3 heteroatoms. The molecule has 3 aliphatic carbocycles. The van der Waals surface area contributed by atoms with Gasteiger partial charge in [0.05, 0.1) is 11.6 Å². The van der Waals surface area contributed by atoms with E-state index in [4.69, 9.17) is 4.74 Å². The molecule has 0 amide bonds. The number of halogens is 1. The third-order valence-corrected chi connectivity index (χ3v) is 7.61. The Labute approximate surface area is 140 Å². The number of ketones is 1.